The summed E-state index contributed by atoms with van der Waals surface area (Å²) < 4.78 is 0. The van der Waals surface area contributed by atoms with Crippen molar-refractivity contribution in [3.05, 3.63) is 0 Å². The van der Waals surface area contributed by atoms with E-state index in [-0.39, 0.29) is 5.91 Å². The zero-order valence-electron chi connectivity index (χ0n) is 8.11. The molecule has 0 aliphatic rings. The van der Waals surface area contributed by atoms with E-state index in [0.29, 0.717) is 6.04 Å². The summed E-state index contributed by atoms with van der Waals surface area (Å²) in [6.45, 7) is 7.28. The van der Waals surface area contributed by atoms with Crippen molar-refractivity contribution in [1.82, 2.24) is 16.2 Å². The average molecular weight is 173 g/mol. The normalized spacial score (nSPS) is 10.3. The van der Waals surface area contributed by atoms with Gasteiger partial charge in [0.05, 0.1) is 0 Å². The summed E-state index contributed by atoms with van der Waals surface area (Å²) in [6.07, 6.45) is 0.944. The summed E-state index contributed by atoms with van der Waals surface area (Å²) in [5.41, 5.74) is 6.13. The molecule has 4 heteroatoms. The van der Waals surface area contributed by atoms with E-state index in [1.165, 1.54) is 6.92 Å². The lowest BCUT2D eigenvalue weighted by molar-refractivity contribution is -0.118. The fraction of sp³-hybridized carbons (Fsp3) is 0.875. The zero-order valence-corrected chi connectivity index (χ0v) is 8.11. The Bertz CT molecular complexity index is 125. The molecular weight excluding hydrogens is 154 g/mol. The molecule has 0 aromatic rings. The summed E-state index contributed by atoms with van der Waals surface area (Å²) in [5, 5.41) is 2.73. The van der Waals surface area contributed by atoms with Crippen LogP contribution in [0.1, 0.15) is 27.2 Å². The SMILES string of the molecule is CC(=O)NCCCNNC(C)C. The Morgan fingerprint density at radius 3 is 2.50 bits per heavy atom. The first-order chi connectivity index (χ1) is 5.63. The number of hydrogen-bond donors (Lipinski definition) is 3. The Kier molecular flexibility index (Phi) is 6.70. The lowest BCUT2D eigenvalue weighted by Crippen LogP contribution is -2.38. The molecule has 0 fully saturated rings. The summed E-state index contributed by atoms with van der Waals surface area (Å²) in [5.74, 6) is 0.0341. The fourth-order valence-electron chi connectivity index (χ4n) is 0.717. The second-order valence-corrected chi connectivity index (χ2v) is 3.06. The molecule has 0 atom stereocenters. The molecule has 0 unspecified atom stereocenters. The Hall–Kier alpha value is -0.610. The van der Waals surface area contributed by atoms with Crippen LogP contribution in [0, 0.1) is 0 Å². The Labute approximate surface area is 74.1 Å². The summed E-state index contributed by atoms with van der Waals surface area (Å²) in [4.78, 5) is 10.4. The van der Waals surface area contributed by atoms with Gasteiger partial charge in [0, 0.05) is 26.1 Å². The zero-order chi connectivity index (χ0) is 9.40. The number of amides is 1. The van der Waals surface area contributed by atoms with Gasteiger partial charge in [-0.3, -0.25) is 15.6 Å². The van der Waals surface area contributed by atoms with Crippen molar-refractivity contribution in [2.24, 2.45) is 0 Å². The van der Waals surface area contributed by atoms with E-state index in [4.69, 9.17) is 0 Å². The molecular formula is C8H19N3O. The third-order valence-electron chi connectivity index (χ3n) is 1.24. The van der Waals surface area contributed by atoms with Crippen LogP contribution in [0.4, 0.5) is 0 Å². The van der Waals surface area contributed by atoms with Crippen LogP contribution >= 0.6 is 0 Å². The first kappa shape index (κ1) is 11.4. The second kappa shape index (κ2) is 7.06. The molecule has 0 aliphatic carbocycles. The Morgan fingerprint density at radius 2 is 2.00 bits per heavy atom. The van der Waals surface area contributed by atoms with Gasteiger partial charge in [0.15, 0.2) is 0 Å². The van der Waals surface area contributed by atoms with Gasteiger partial charge in [0.25, 0.3) is 0 Å². The van der Waals surface area contributed by atoms with Crippen LogP contribution in [-0.2, 0) is 4.79 Å². The fourth-order valence-corrected chi connectivity index (χ4v) is 0.717. The van der Waals surface area contributed by atoms with E-state index in [0.717, 1.165) is 19.5 Å². The van der Waals surface area contributed by atoms with Crippen molar-refractivity contribution in [1.29, 1.82) is 0 Å². The largest absolute Gasteiger partial charge is 0.356 e. The number of carbonyl (C=O) groups is 1. The van der Waals surface area contributed by atoms with Gasteiger partial charge in [-0.2, -0.15) is 0 Å². The molecule has 1 amide bonds. The first-order valence-electron chi connectivity index (χ1n) is 4.35. The second-order valence-electron chi connectivity index (χ2n) is 3.06. The van der Waals surface area contributed by atoms with Crippen LogP contribution in [0.15, 0.2) is 0 Å². The highest BCUT2D eigenvalue weighted by Gasteiger charge is 1.91. The van der Waals surface area contributed by atoms with Gasteiger partial charge in [-0.15, -0.1) is 0 Å². The average Bonchev–Trinajstić information content (AvgIpc) is 1.95. The van der Waals surface area contributed by atoms with Crippen LogP contribution in [0.3, 0.4) is 0 Å². The van der Waals surface area contributed by atoms with Crippen molar-refractivity contribution in [2.75, 3.05) is 13.1 Å². The van der Waals surface area contributed by atoms with Crippen molar-refractivity contribution in [3.8, 4) is 0 Å². The van der Waals surface area contributed by atoms with E-state index in [1.807, 2.05) is 0 Å². The number of hydrazine groups is 1. The maximum Gasteiger partial charge on any atom is 0.216 e. The topological polar surface area (TPSA) is 53.2 Å². The van der Waals surface area contributed by atoms with Gasteiger partial charge in [0.2, 0.25) is 5.91 Å². The van der Waals surface area contributed by atoms with Crippen molar-refractivity contribution in [3.63, 3.8) is 0 Å². The van der Waals surface area contributed by atoms with E-state index in [1.54, 1.807) is 0 Å². The maximum absolute atomic E-state index is 10.4. The van der Waals surface area contributed by atoms with E-state index >= 15 is 0 Å². The Balaban J connectivity index is 2.96. The van der Waals surface area contributed by atoms with Crippen LogP contribution in [0.5, 0.6) is 0 Å². The van der Waals surface area contributed by atoms with Crippen molar-refractivity contribution in [2.45, 2.75) is 33.2 Å². The standard InChI is InChI=1S/C8H19N3O/c1-7(2)11-10-6-4-5-9-8(3)12/h7,10-11H,4-6H2,1-3H3,(H,9,12). The van der Waals surface area contributed by atoms with Crippen LogP contribution in [0.25, 0.3) is 0 Å². The molecule has 0 aromatic carbocycles. The number of carbonyl (C=O) groups excluding carboxylic acids is 1. The van der Waals surface area contributed by atoms with Gasteiger partial charge in [-0.05, 0) is 20.3 Å². The number of rotatable bonds is 6. The molecule has 72 valence electrons. The molecule has 0 saturated heterocycles. The third kappa shape index (κ3) is 9.39. The molecule has 0 spiro atoms. The van der Waals surface area contributed by atoms with Gasteiger partial charge in [-0.25, -0.2) is 0 Å². The molecule has 12 heavy (non-hydrogen) atoms. The lowest BCUT2D eigenvalue weighted by atomic mass is 10.4. The molecule has 0 saturated carbocycles. The minimum absolute atomic E-state index is 0.0341. The molecule has 3 N–H and O–H groups in total. The first-order valence-corrected chi connectivity index (χ1v) is 4.35. The molecule has 0 heterocycles. The third-order valence-corrected chi connectivity index (χ3v) is 1.24. The quantitative estimate of drug-likeness (QED) is 0.392. The highest BCUT2D eigenvalue weighted by Crippen LogP contribution is 1.74. The maximum atomic E-state index is 10.4. The Morgan fingerprint density at radius 1 is 1.33 bits per heavy atom. The van der Waals surface area contributed by atoms with Gasteiger partial charge >= 0.3 is 0 Å². The predicted molar refractivity (Wildman–Crippen MR) is 49.6 cm³/mol. The molecule has 4 nitrogen and oxygen atoms in total. The molecule has 0 aliphatic heterocycles. The summed E-state index contributed by atoms with van der Waals surface area (Å²) in [7, 11) is 0. The van der Waals surface area contributed by atoms with Gasteiger partial charge in [-0.1, -0.05) is 0 Å². The highest BCUT2D eigenvalue weighted by atomic mass is 16.1. The molecule has 0 radical (unpaired) electrons. The van der Waals surface area contributed by atoms with E-state index in [9.17, 15) is 4.79 Å². The van der Waals surface area contributed by atoms with Gasteiger partial charge < -0.3 is 5.32 Å². The van der Waals surface area contributed by atoms with Crippen molar-refractivity contribution < 1.29 is 4.79 Å². The minimum Gasteiger partial charge on any atom is -0.356 e. The number of nitrogens with one attached hydrogen (secondary N) is 3. The van der Waals surface area contributed by atoms with Gasteiger partial charge in [0.1, 0.15) is 0 Å². The minimum atomic E-state index is 0.0341. The lowest BCUT2D eigenvalue weighted by Gasteiger charge is -2.09. The van der Waals surface area contributed by atoms with E-state index in [2.05, 4.69) is 30.0 Å². The summed E-state index contributed by atoms with van der Waals surface area (Å²) in [6, 6.07) is 0.450. The van der Waals surface area contributed by atoms with Crippen molar-refractivity contribution >= 4 is 5.91 Å². The molecule has 0 rings (SSSR count). The molecule has 0 aromatic heterocycles. The molecule has 0 bridgehead atoms. The summed E-state index contributed by atoms with van der Waals surface area (Å²) >= 11 is 0. The smallest absolute Gasteiger partial charge is 0.216 e. The van der Waals surface area contributed by atoms with Crippen LogP contribution in [0.2, 0.25) is 0 Å². The number of hydrogen-bond acceptors (Lipinski definition) is 3. The van der Waals surface area contributed by atoms with Crippen LogP contribution in [-0.4, -0.2) is 25.0 Å². The predicted octanol–water partition coefficient (Wildman–Crippen LogP) is 0.0152. The van der Waals surface area contributed by atoms with E-state index < -0.39 is 0 Å². The highest BCUT2D eigenvalue weighted by molar-refractivity contribution is 5.72. The monoisotopic (exact) mass is 173 g/mol. The van der Waals surface area contributed by atoms with Crippen LogP contribution < -0.4 is 16.2 Å².